The van der Waals surface area contributed by atoms with Crippen molar-refractivity contribution in [3.63, 3.8) is 0 Å². The van der Waals surface area contributed by atoms with Crippen LogP contribution in [0.15, 0.2) is 10.5 Å². The van der Waals surface area contributed by atoms with Gasteiger partial charge in [0.25, 0.3) is 0 Å². The van der Waals surface area contributed by atoms with E-state index in [1.807, 2.05) is 0 Å². The average Bonchev–Trinajstić information content (AvgIpc) is 2.51. The minimum Gasteiger partial charge on any atom is -0.381 e. The predicted molar refractivity (Wildman–Crippen MR) is 62.9 cm³/mol. The first kappa shape index (κ1) is 12.0. The molecule has 0 saturated heterocycles. The van der Waals surface area contributed by atoms with Crippen LogP contribution in [-0.2, 0) is 0 Å². The van der Waals surface area contributed by atoms with Crippen molar-refractivity contribution < 1.29 is 8.78 Å². The summed E-state index contributed by atoms with van der Waals surface area (Å²) in [4.78, 5) is 3.67. The third kappa shape index (κ3) is 1.90. The van der Waals surface area contributed by atoms with Crippen molar-refractivity contribution in [2.24, 2.45) is 0 Å². The number of nitrogens with zero attached hydrogens (tertiary/aromatic N) is 3. The van der Waals surface area contributed by atoms with Crippen molar-refractivity contribution >= 4 is 21.7 Å². The Kier molecular flexibility index (Phi) is 2.86. The summed E-state index contributed by atoms with van der Waals surface area (Å²) in [6, 6.07) is 0.696. The van der Waals surface area contributed by atoms with Crippen molar-refractivity contribution in [1.29, 1.82) is 0 Å². The maximum atomic E-state index is 13.6. The summed E-state index contributed by atoms with van der Waals surface area (Å²) in [6.07, 6.45) is 0. The highest BCUT2D eigenvalue weighted by Gasteiger charge is 2.17. The highest BCUT2D eigenvalue weighted by molar-refractivity contribution is 9.10. The van der Waals surface area contributed by atoms with Gasteiger partial charge in [0, 0.05) is 6.07 Å². The van der Waals surface area contributed by atoms with Crippen LogP contribution in [0.1, 0.15) is 11.4 Å². The summed E-state index contributed by atoms with van der Waals surface area (Å²) in [5.41, 5.74) is 6.67. The summed E-state index contributed by atoms with van der Waals surface area (Å²) in [5, 5.41) is 4.10. The van der Waals surface area contributed by atoms with Gasteiger partial charge in [-0.2, -0.15) is 5.10 Å². The molecular formula is C10H9BrF2N4. The van der Waals surface area contributed by atoms with Crippen LogP contribution in [0.2, 0.25) is 0 Å². The number of nitrogen functional groups attached to an aromatic ring is 1. The second-order valence-electron chi connectivity index (χ2n) is 3.56. The standard InChI is InChI=1S/C10H9BrF2N4/c1-4-8(11)5(2)17(16-4)10-7(13)3-6(12)9(14)15-10/h3H,1-2H3,(H2,14,15). The average molecular weight is 303 g/mol. The van der Waals surface area contributed by atoms with Crippen molar-refractivity contribution in [3.05, 3.63) is 33.6 Å². The lowest BCUT2D eigenvalue weighted by molar-refractivity contribution is 0.562. The molecular weight excluding hydrogens is 294 g/mol. The molecule has 7 heteroatoms. The fourth-order valence-corrected chi connectivity index (χ4v) is 1.70. The van der Waals surface area contributed by atoms with Crippen LogP contribution < -0.4 is 5.73 Å². The number of pyridine rings is 1. The van der Waals surface area contributed by atoms with Crippen LogP contribution in [0, 0.1) is 25.5 Å². The van der Waals surface area contributed by atoms with Crippen LogP contribution in [0.4, 0.5) is 14.6 Å². The quantitative estimate of drug-likeness (QED) is 0.880. The van der Waals surface area contributed by atoms with Crippen molar-refractivity contribution in [2.75, 3.05) is 5.73 Å². The zero-order valence-corrected chi connectivity index (χ0v) is 10.7. The van der Waals surface area contributed by atoms with E-state index in [0.717, 1.165) is 4.47 Å². The third-order valence-electron chi connectivity index (χ3n) is 2.34. The molecule has 0 bridgehead atoms. The molecule has 0 amide bonds. The highest BCUT2D eigenvalue weighted by atomic mass is 79.9. The SMILES string of the molecule is Cc1nn(-c2nc(N)c(F)cc2F)c(C)c1Br. The predicted octanol–water partition coefficient (Wildman–Crippen LogP) is 2.51. The summed E-state index contributed by atoms with van der Waals surface area (Å²) < 4.78 is 28.6. The van der Waals surface area contributed by atoms with Crippen LogP contribution in [-0.4, -0.2) is 14.8 Å². The normalized spacial score (nSPS) is 10.9. The van der Waals surface area contributed by atoms with Crippen molar-refractivity contribution in [2.45, 2.75) is 13.8 Å². The van der Waals surface area contributed by atoms with Gasteiger partial charge >= 0.3 is 0 Å². The minimum absolute atomic E-state index is 0.116. The summed E-state index contributed by atoms with van der Waals surface area (Å²) >= 11 is 3.32. The topological polar surface area (TPSA) is 56.7 Å². The van der Waals surface area contributed by atoms with Crippen molar-refractivity contribution in [3.8, 4) is 5.82 Å². The Morgan fingerprint density at radius 1 is 1.29 bits per heavy atom. The number of rotatable bonds is 1. The highest BCUT2D eigenvalue weighted by Crippen LogP contribution is 2.24. The molecule has 2 aromatic heterocycles. The molecule has 0 unspecified atom stereocenters. The maximum Gasteiger partial charge on any atom is 0.192 e. The lowest BCUT2D eigenvalue weighted by atomic mass is 10.3. The smallest absolute Gasteiger partial charge is 0.192 e. The summed E-state index contributed by atoms with van der Waals surface area (Å²) in [6.45, 7) is 3.50. The molecule has 0 aliphatic carbocycles. The Morgan fingerprint density at radius 2 is 1.94 bits per heavy atom. The van der Waals surface area contributed by atoms with E-state index in [9.17, 15) is 8.78 Å². The molecule has 17 heavy (non-hydrogen) atoms. The number of nitrogens with two attached hydrogens (primary N) is 1. The first-order valence-corrected chi connectivity index (χ1v) is 5.54. The van der Waals surface area contributed by atoms with Gasteiger partial charge in [0.1, 0.15) is 0 Å². The summed E-state index contributed by atoms with van der Waals surface area (Å²) in [5.74, 6) is -2.16. The molecule has 2 rings (SSSR count). The largest absolute Gasteiger partial charge is 0.381 e. The van der Waals surface area contributed by atoms with E-state index in [0.29, 0.717) is 17.5 Å². The Hall–Kier alpha value is -1.50. The molecule has 2 heterocycles. The second kappa shape index (κ2) is 4.06. The van der Waals surface area contributed by atoms with Gasteiger partial charge in [-0.05, 0) is 29.8 Å². The number of aromatic nitrogens is 3. The van der Waals surface area contributed by atoms with Gasteiger partial charge in [0.15, 0.2) is 23.3 Å². The van der Waals surface area contributed by atoms with E-state index in [1.165, 1.54) is 4.68 Å². The number of anilines is 1. The van der Waals surface area contributed by atoms with Crippen LogP contribution >= 0.6 is 15.9 Å². The van der Waals surface area contributed by atoms with E-state index >= 15 is 0 Å². The van der Waals surface area contributed by atoms with Gasteiger partial charge < -0.3 is 5.73 Å². The molecule has 0 fully saturated rings. The van der Waals surface area contributed by atoms with Crippen molar-refractivity contribution in [1.82, 2.24) is 14.8 Å². The first-order valence-electron chi connectivity index (χ1n) is 4.75. The minimum atomic E-state index is -0.883. The number of hydrogen-bond acceptors (Lipinski definition) is 3. The Balaban J connectivity index is 2.68. The van der Waals surface area contributed by atoms with Gasteiger partial charge in [0.2, 0.25) is 0 Å². The molecule has 4 nitrogen and oxygen atoms in total. The molecule has 0 aromatic carbocycles. The molecule has 0 aliphatic heterocycles. The Morgan fingerprint density at radius 3 is 2.47 bits per heavy atom. The lowest BCUT2D eigenvalue weighted by Gasteiger charge is -2.06. The van der Waals surface area contributed by atoms with Gasteiger partial charge in [-0.1, -0.05) is 0 Å². The molecule has 0 spiro atoms. The van der Waals surface area contributed by atoms with Crippen LogP contribution in [0.5, 0.6) is 0 Å². The molecule has 0 aliphatic rings. The summed E-state index contributed by atoms with van der Waals surface area (Å²) in [7, 11) is 0. The molecule has 0 saturated carbocycles. The van der Waals surface area contributed by atoms with E-state index in [-0.39, 0.29) is 11.6 Å². The van der Waals surface area contributed by atoms with Gasteiger partial charge in [0.05, 0.1) is 15.9 Å². The van der Waals surface area contributed by atoms with E-state index < -0.39 is 11.6 Å². The molecule has 2 aromatic rings. The maximum absolute atomic E-state index is 13.6. The molecule has 0 radical (unpaired) electrons. The zero-order chi connectivity index (χ0) is 12.7. The first-order chi connectivity index (χ1) is 7.91. The number of aryl methyl sites for hydroxylation is 1. The molecule has 90 valence electrons. The lowest BCUT2D eigenvalue weighted by Crippen LogP contribution is -2.08. The Bertz CT molecular complexity index is 594. The zero-order valence-electron chi connectivity index (χ0n) is 9.13. The Labute approximate surface area is 105 Å². The number of halogens is 3. The van der Waals surface area contributed by atoms with Gasteiger partial charge in [-0.15, -0.1) is 0 Å². The van der Waals surface area contributed by atoms with Gasteiger partial charge in [-0.3, -0.25) is 0 Å². The third-order valence-corrected chi connectivity index (χ3v) is 3.49. The second-order valence-corrected chi connectivity index (χ2v) is 4.35. The number of hydrogen-bond donors (Lipinski definition) is 1. The van der Waals surface area contributed by atoms with E-state index in [4.69, 9.17) is 5.73 Å². The molecule has 0 atom stereocenters. The van der Waals surface area contributed by atoms with Gasteiger partial charge in [-0.25, -0.2) is 18.4 Å². The fraction of sp³-hybridized carbons (Fsp3) is 0.200. The monoisotopic (exact) mass is 302 g/mol. The fourth-order valence-electron chi connectivity index (χ4n) is 1.45. The van der Waals surface area contributed by atoms with E-state index in [1.54, 1.807) is 13.8 Å². The van der Waals surface area contributed by atoms with Crippen LogP contribution in [0.3, 0.4) is 0 Å². The van der Waals surface area contributed by atoms with E-state index in [2.05, 4.69) is 26.0 Å². The molecule has 2 N–H and O–H groups in total. The van der Waals surface area contributed by atoms with Crippen LogP contribution in [0.25, 0.3) is 5.82 Å².